The molecule has 1 unspecified atom stereocenters. The van der Waals surface area contributed by atoms with Crippen LogP contribution in [0.5, 0.6) is 5.75 Å². The summed E-state index contributed by atoms with van der Waals surface area (Å²) in [7, 11) is 1.35. The number of rotatable bonds is 9. The highest BCUT2D eigenvalue weighted by molar-refractivity contribution is 5.72. The summed E-state index contributed by atoms with van der Waals surface area (Å²) >= 11 is 0. The topological polar surface area (TPSA) is 48.4 Å². The van der Waals surface area contributed by atoms with Gasteiger partial charge in [0.2, 0.25) is 0 Å². The fraction of sp³-hybridized carbons (Fsp3) is 0.308. The molecule has 1 atom stereocenters. The molecule has 174 valence electrons. The van der Waals surface area contributed by atoms with E-state index in [0.29, 0.717) is 22.7 Å². The number of halogens is 3. The molecule has 0 saturated carbocycles. The molecule has 1 aromatic heterocycles. The largest absolute Gasteiger partial charge is 0.484 e. The van der Waals surface area contributed by atoms with Crippen molar-refractivity contribution in [2.45, 2.75) is 44.9 Å². The van der Waals surface area contributed by atoms with Crippen LogP contribution in [0.4, 0.5) is 13.2 Å². The maximum Gasteiger partial charge on any atom is 0.416 e. The fourth-order valence-electron chi connectivity index (χ4n) is 3.37. The van der Waals surface area contributed by atoms with Crippen molar-refractivity contribution < 1.29 is 27.4 Å². The standard InChI is InChI=1S/C26H26F3NO3/c1-3-4-8-24(33-21-15-9-18(10-16-21)17-25(31)32-2)23-7-5-6-22(30-23)19-11-13-20(14-12-19)26(27,28)29/h5-7,9-16,24H,3-4,8,17H2,1-2H3. The van der Waals surface area contributed by atoms with E-state index in [1.165, 1.54) is 19.2 Å². The van der Waals surface area contributed by atoms with Gasteiger partial charge in [-0.1, -0.05) is 43.7 Å². The Hall–Kier alpha value is -3.35. The van der Waals surface area contributed by atoms with E-state index < -0.39 is 11.7 Å². The first-order chi connectivity index (χ1) is 15.8. The number of ether oxygens (including phenoxy) is 2. The van der Waals surface area contributed by atoms with Crippen molar-refractivity contribution in [2.24, 2.45) is 0 Å². The zero-order valence-electron chi connectivity index (χ0n) is 18.6. The summed E-state index contributed by atoms with van der Waals surface area (Å²) in [6, 6.07) is 17.7. The normalized spacial score (nSPS) is 12.3. The molecule has 0 aliphatic carbocycles. The summed E-state index contributed by atoms with van der Waals surface area (Å²) in [5.74, 6) is 0.334. The van der Waals surface area contributed by atoms with Gasteiger partial charge in [0, 0.05) is 5.56 Å². The average Bonchev–Trinajstić information content (AvgIpc) is 2.82. The number of hydrogen-bond acceptors (Lipinski definition) is 4. The summed E-state index contributed by atoms with van der Waals surface area (Å²) in [5, 5.41) is 0. The van der Waals surface area contributed by atoms with Crippen LogP contribution in [0.2, 0.25) is 0 Å². The third-order valence-electron chi connectivity index (χ3n) is 5.21. The van der Waals surface area contributed by atoms with Gasteiger partial charge in [0.1, 0.15) is 11.9 Å². The van der Waals surface area contributed by atoms with Gasteiger partial charge >= 0.3 is 12.1 Å². The average molecular weight is 457 g/mol. The second-order valence-corrected chi connectivity index (χ2v) is 7.67. The molecule has 0 fully saturated rings. The van der Waals surface area contributed by atoms with Gasteiger partial charge in [-0.2, -0.15) is 13.2 Å². The van der Waals surface area contributed by atoms with Gasteiger partial charge in [-0.05, 0) is 54.8 Å². The Morgan fingerprint density at radius 1 is 1.00 bits per heavy atom. The van der Waals surface area contributed by atoms with Crippen LogP contribution in [0.3, 0.4) is 0 Å². The van der Waals surface area contributed by atoms with E-state index in [9.17, 15) is 18.0 Å². The minimum Gasteiger partial charge on any atom is -0.484 e. The van der Waals surface area contributed by atoms with Crippen molar-refractivity contribution in [3.8, 4) is 17.0 Å². The number of benzene rings is 2. The number of unbranched alkanes of at least 4 members (excludes halogenated alkanes) is 1. The summed E-state index contributed by atoms with van der Waals surface area (Å²) in [6.45, 7) is 2.09. The van der Waals surface area contributed by atoms with E-state index in [2.05, 4.69) is 16.6 Å². The number of pyridine rings is 1. The fourth-order valence-corrected chi connectivity index (χ4v) is 3.37. The van der Waals surface area contributed by atoms with Crippen molar-refractivity contribution in [1.29, 1.82) is 0 Å². The van der Waals surface area contributed by atoms with Crippen LogP contribution < -0.4 is 4.74 Å². The first-order valence-electron chi connectivity index (χ1n) is 10.8. The van der Waals surface area contributed by atoms with Gasteiger partial charge in [-0.3, -0.25) is 4.79 Å². The number of esters is 1. The Balaban J connectivity index is 1.80. The van der Waals surface area contributed by atoms with Gasteiger partial charge in [0.05, 0.1) is 30.5 Å². The lowest BCUT2D eigenvalue weighted by Gasteiger charge is -2.19. The lowest BCUT2D eigenvalue weighted by molar-refractivity contribution is -0.140. The maximum absolute atomic E-state index is 12.9. The number of methoxy groups -OCH3 is 1. The molecule has 1 heterocycles. The van der Waals surface area contributed by atoms with Crippen molar-refractivity contribution >= 4 is 5.97 Å². The molecular formula is C26H26F3NO3. The lowest BCUT2D eigenvalue weighted by Crippen LogP contribution is -2.10. The third kappa shape index (κ3) is 6.81. The summed E-state index contributed by atoms with van der Waals surface area (Å²) in [6.07, 6.45) is -1.85. The number of carbonyl (C=O) groups is 1. The molecule has 3 rings (SSSR count). The number of aromatic nitrogens is 1. The van der Waals surface area contributed by atoms with Gasteiger partial charge in [0.15, 0.2) is 0 Å². The van der Waals surface area contributed by atoms with E-state index in [-0.39, 0.29) is 18.5 Å². The quantitative estimate of drug-likeness (QED) is 0.332. The molecule has 0 amide bonds. The molecule has 0 saturated heterocycles. The van der Waals surface area contributed by atoms with Gasteiger partial charge in [-0.25, -0.2) is 4.98 Å². The molecule has 0 spiro atoms. The molecule has 2 aromatic carbocycles. The second kappa shape index (κ2) is 11.0. The minimum atomic E-state index is -4.38. The number of carbonyl (C=O) groups excluding carboxylic acids is 1. The van der Waals surface area contributed by atoms with E-state index in [1.807, 2.05) is 24.3 Å². The van der Waals surface area contributed by atoms with Crippen LogP contribution >= 0.6 is 0 Å². The highest BCUT2D eigenvalue weighted by Crippen LogP contribution is 2.32. The van der Waals surface area contributed by atoms with Gasteiger partial charge < -0.3 is 9.47 Å². The van der Waals surface area contributed by atoms with E-state index in [4.69, 9.17) is 4.74 Å². The number of nitrogens with zero attached hydrogens (tertiary/aromatic N) is 1. The van der Waals surface area contributed by atoms with Crippen molar-refractivity contribution in [3.05, 3.63) is 83.6 Å². The Kier molecular flexibility index (Phi) is 8.09. The number of hydrogen-bond donors (Lipinski definition) is 0. The smallest absolute Gasteiger partial charge is 0.416 e. The number of alkyl halides is 3. The van der Waals surface area contributed by atoms with Crippen LogP contribution in [0.1, 0.15) is 49.1 Å². The molecule has 0 N–H and O–H groups in total. The van der Waals surface area contributed by atoms with Crippen molar-refractivity contribution in [2.75, 3.05) is 7.11 Å². The molecule has 0 aliphatic rings. The van der Waals surface area contributed by atoms with Crippen LogP contribution in [0, 0.1) is 0 Å². The Labute approximate surface area is 191 Å². The van der Waals surface area contributed by atoms with Crippen molar-refractivity contribution in [3.63, 3.8) is 0 Å². The molecule has 0 bridgehead atoms. The molecule has 0 radical (unpaired) electrons. The van der Waals surface area contributed by atoms with E-state index >= 15 is 0 Å². The molecule has 0 aliphatic heterocycles. The van der Waals surface area contributed by atoms with Crippen LogP contribution in [-0.2, 0) is 22.1 Å². The lowest BCUT2D eigenvalue weighted by atomic mass is 10.1. The van der Waals surface area contributed by atoms with Gasteiger partial charge in [0.25, 0.3) is 0 Å². The molecule has 4 nitrogen and oxygen atoms in total. The summed E-state index contributed by atoms with van der Waals surface area (Å²) < 4.78 is 49.5. The van der Waals surface area contributed by atoms with Gasteiger partial charge in [-0.15, -0.1) is 0 Å². The van der Waals surface area contributed by atoms with Crippen LogP contribution in [0.15, 0.2) is 66.7 Å². The molecule has 7 heteroatoms. The first kappa shape index (κ1) is 24.3. The Morgan fingerprint density at radius 2 is 1.70 bits per heavy atom. The summed E-state index contributed by atoms with van der Waals surface area (Å²) in [5.41, 5.74) is 2.02. The SMILES string of the molecule is CCCCC(Oc1ccc(CC(=O)OC)cc1)c1cccc(-c2ccc(C(F)(F)F)cc2)n1. The predicted octanol–water partition coefficient (Wildman–Crippen LogP) is 6.79. The third-order valence-corrected chi connectivity index (χ3v) is 5.21. The monoisotopic (exact) mass is 457 g/mol. The molecule has 33 heavy (non-hydrogen) atoms. The highest BCUT2D eigenvalue weighted by atomic mass is 19.4. The first-order valence-corrected chi connectivity index (χ1v) is 10.8. The van der Waals surface area contributed by atoms with Crippen molar-refractivity contribution in [1.82, 2.24) is 4.98 Å². The highest BCUT2D eigenvalue weighted by Gasteiger charge is 2.30. The zero-order chi connectivity index (χ0) is 23.8. The van der Waals surface area contributed by atoms with Crippen LogP contribution in [0.25, 0.3) is 11.3 Å². The maximum atomic E-state index is 12.9. The van der Waals surface area contributed by atoms with E-state index in [0.717, 1.165) is 37.0 Å². The molecule has 3 aromatic rings. The second-order valence-electron chi connectivity index (χ2n) is 7.67. The minimum absolute atomic E-state index is 0.187. The zero-order valence-corrected chi connectivity index (χ0v) is 18.6. The molecular weight excluding hydrogens is 431 g/mol. The predicted molar refractivity (Wildman–Crippen MR) is 120 cm³/mol. The van der Waals surface area contributed by atoms with Crippen LogP contribution in [-0.4, -0.2) is 18.1 Å². The van der Waals surface area contributed by atoms with E-state index in [1.54, 1.807) is 18.2 Å². The summed E-state index contributed by atoms with van der Waals surface area (Å²) in [4.78, 5) is 16.1. The Bertz CT molecular complexity index is 1050. The Morgan fingerprint density at radius 3 is 2.30 bits per heavy atom.